The molecule has 0 radical (unpaired) electrons. The summed E-state index contributed by atoms with van der Waals surface area (Å²) in [7, 11) is 0. The Hall–Kier alpha value is -3.42. The maximum Gasteiger partial charge on any atom is 0.317 e. The van der Waals surface area contributed by atoms with Crippen LogP contribution in [0.5, 0.6) is 5.75 Å². The summed E-state index contributed by atoms with van der Waals surface area (Å²) in [5.74, 6) is 1.58. The summed E-state index contributed by atoms with van der Waals surface area (Å²) in [4.78, 5) is 23.1. The third-order valence-corrected chi connectivity index (χ3v) is 6.14. The van der Waals surface area contributed by atoms with Gasteiger partial charge in [-0.15, -0.1) is 0 Å². The minimum Gasteiger partial charge on any atom is -0.488 e. The molecule has 2 aromatic heterocycles. The predicted octanol–water partition coefficient (Wildman–Crippen LogP) is 4.29. The number of nitrogens with one attached hydrogen (secondary N) is 1. The average molecular weight is 434 g/mol. The van der Waals surface area contributed by atoms with Crippen LogP contribution in [0.15, 0.2) is 53.3 Å². The van der Waals surface area contributed by atoms with E-state index in [2.05, 4.69) is 20.4 Å². The predicted molar refractivity (Wildman–Crippen MR) is 119 cm³/mol. The lowest BCUT2D eigenvalue weighted by atomic mass is 9.96. The van der Waals surface area contributed by atoms with E-state index in [0.717, 1.165) is 30.4 Å². The van der Waals surface area contributed by atoms with E-state index in [0.29, 0.717) is 36.6 Å². The Morgan fingerprint density at radius 2 is 1.88 bits per heavy atom. The van der Waals surface area contributed by atoms with Crippen molar-refractivity contribution in [1.82, 2.24) is 25.3 Å². The Kier molecular flexibility index (Phi) is 6.00. The van der Waals surface area contributed by atoms with Crippen LogP contribution in [0.3, 0.4) is 0 Å². The van der Waals surface area contributed by atoms with Crippen molar-refractivity contribution in [2.24, 2.45) is 0 Å². The first-order valence-electron chi connectivity index (χ1n) is 11.3. The van der Waals surface area contributed by atoms with Gasteiger partial charge in [-0.2, -0.15) is 4.98 Å². The quantitative estimate of drug-likeness (QED) is 0.645. The van der Waals surface area contributed by atoms with Gasteiger partial charge in [0.05, 0.1) is 12.1 Å². The Morgan fingerprint density at radius 3 is 2.72 bits per heavy atom. The number of hydrogen-bond acceptors (Lipinski definition) is 6. The van der Waals surface area contributed by atoms with Gasteiger partial charge in [-0.3, -0.25) is 4.98 Å². The highest BCUT2D eigenvalue weighted by atomic mass is 16.5. The fourth-order valence-corrected chi connectivity index (χ4v) is 4.40. The highest BCUT2D eigenvalue weighted by Gasteiger charge is 2.30. The fraction of sp³-hybridized carbons (Fsp3) is 0.417. The Morgan fingerprint density at radius 1 is 1.06 bits per heavy atom. The summed E-state index contributed by atoms with van der Waals surface area (Å²) in [5.41, 5.74) is 1.58. The first-order chi connectivity index (χ1) is 15.8. The molecule has 0 bridgehead atoms. The largest absolute Gasteiger partial charge is 0.488 e. The molecule has 1 aliphatic carbocycles. The maximum atomic E-state index is 12.7. The molecule has 0 spiro atoms. The van der Waals surface area contributed by atoms with E-state index in [9.17, 15) is 4.79 Å². The Labute approximate surface area is 187 Å². The van der Waals surface area contributed by atoms with Crippen molar-refractivity contribution in [3.8, 4) is 28.6 Å². The van der Waals surface area contributed by atoms with Crippen molar-refractivity contribution < 1.29 is 14.1 Å². The molecule has 1 aliphatic heterocycles. The van der Waals surface area contributed by atoms with Crippen molar-refractivity contribution in [2.75, 3.05) is 13.1 Å². The topological polar surface area (TPSA) is 93.4 Å². The van der Waals surface area contributed by atoms with Crippen molar-refractivity contribution in [2.45, 2.75) is 50.7 Å². The van der Waals surface area contributed by atoms with Gasteiger partial charge in [0.15, 0.2) is 0 Å². The Bertz CT molecular complexity index is 1050. The third kappa shape index (κ3) is 4.59. The summed E-state index contributed by atoms with van der Waals surface area (Å²) in [6.07, 6.45) is 9.94. The van der Waals surface area contributed by atoms with Crippen LogP contribution >= 0.6 is 0 Å². The lowest BCUT2D eigenvalue weighted by Gasteiger charge is -2.26. The molecule has 5 rings (SSSR count). The fourth-order valence-electron chi connectivity index (χ4n) is 4.40. The van der Waals surface area contributed by atoms with E-state index in [4.69, 9.17) is 9.26 Å². The number of amides is 2. The number of benzene rings is 1. The van der Waals surface area contributed by atoms with E-state index in [1.165, 1.54) is 19.3 Å². The number of carbonyl (C=O) groups is 1. The highest BCUT2D eigenvalue weighted by Crippen LogP contribution is 2.32. The molecule has 1 unspecified atom stereocenters. The molecular formula is C24H27N5O3. The van der Waals surface area contributed by atoms with Crippen molar-refractivity contribution >= 4 is 6.03 Å². The standard InChI is InChI=1S/C24H27N5O3/c30-24(26-18-6-2-1-3-7-18)29-15-12-19(16-29)31-21-9-5-4-8-20(21)23-27-22(28-32-23)17-10-13-25-14-11-17/h4-5,8-11,13-14,18-19H,1-3,6-7,12,15-16H2,(H,26,30). The zero-order chi connectivity index (χ0) is 21.8. The van der Waals surface area contributed by atoms with Crippen LogP contribution in [0, 0.1) is 0 Å². The number of pyridine rings is 1. The second-order valence-electron chi connectivity index (χ2n) is 8.41. The van der Waals surface area contributed by atoms with Crippen LogP contribution in [-0.2, 0) is 0 Å². The molecule has 166 valence electrons. The van der Waals surface area contributed by atoms with E-state index < -0.39 is 0 Å². The molecule has 1 saturated carbocycles. The average Bonchev–Trinajstić information content (AvgIpc) is 3.51. The van der Waals surface area contributed by atoms with Crippen LogP contribution in [0.25, 0.3) is 22.8 Å². The van der Waals surface area contributed by atoms with Crippen LogP contribution in [0.2, 0.25) is 0 Å². The molecule has 2 aliphatic rings. The van der Waals surface area contributed by atoms with Gasteiger partial charge in [0.2, 0.25) is 5.82 Å². The lowest BCUT2D eigenvalue weighted by Crippen LogP contribution is -2.45. The van der Waals surface area contributed by atoms with E-state index in [-0.39, 0.29) is 12.1 Å². The molecule has 1 atom stereocenters. The van der Waals surface area contributed by atoms with Gasteiger partial charge in [0.25, 0.3) is 5.89 Å². The minimum absolute atomic E-state index is 0.0233. The number of likely N-dealkylation sites (tertiary alicyclic amines) is 1. The van der Waals surface area contributed by atoms with E-state index in [1.54, 1.807) is 12.4 Å². The molecule has 2 amide bonds. The van der Waals surface area contributed by atoms with Crippen LogP contribution < -0.4 is 10.1 Å². The van der Waals surface area contributed by atoms with Crippen LogP contribution in [-0.4, -0.2) is 51.3 Å². The van der Waals surface area contributed by atoms with Gasteiger partial charge >= 0.3 is 6.03 Å². The van der Waals surface area contributed by atoms with E-state index in [1.807, 2.05) is 41.3 Å². The second-order valence-corrected chi connectivity index (χ2v) is 8.41. The first kappa shape index (κ1) is 20.5. The van der Waals surface area contributed by atoms with Crippen LogP contribution in [0.4, 0.5) is 4.79 Å². The van der Waals surface area contributed by atoms with Gasteiger partial charge < -0.3 is 19.5 Å². The zero-order valence-corrected chi connectivity index (χ0v) is 17.9. The lowest BCUT2D eigenvalue weighted by molar-refractivity contribution is 0.182. The SMILES string of the molecule is O=C(NC1CCCCC1)N1CCC(Oc2ccccc2-c2nc(-c3ccncc3)no2)C1. The number of nitrogens with zero attached hydrogens (tertiary/aromatic N) is 4. The van der Waals surface area contributed by atoms with Crippen molar-refractivity contribution in [3.63, 3.8) is 0 Å². The van der Waals surface area contributed by atoms with Gasteiger partial charge in [-0.05, 0) is 37.1 Å². The number of ether oxygens (including phenoxy) is 1. The summed E-state index contributed by atoms with van der Waals surface area (Å²) >= 11 is 0. The molecule has 8 nitrogen and oxygen atoms in total. The van der Waals surface area contributed by atoms with Crippen molar-refractivity contribution in [3.05, 3.63) is 48.8 Å². The summed E-state index contributed by atoms with van der Waals surface area (Å²) < 4.78 is 11.8. The van der Waals surface area contributed by atoms with Gasteiger partial charge in [-0.1, -0.05) is 36.6 Å². The first-order valence-corrected chi connectivity index (χ1v) is 11.3. The molecular weight excluding hydrogens is 406 g/mol. The molecule has 8 heteroatoms. The number of carbonyl (C=O) groups excluding carboxylic acids is 1. The zero-order valence-electron chi connectivity index (χ0n) is 17.9. The molecule has 2 fully saturated rings. The molecule has 3 aromatic rings. The molecule has 3 heterocycles. The monoisotopic (exact) mass is 433 g/mol. The number of para-hydroxylation sites is 1. The molecule has 1 saturated heterocycles. The maximum absolute atomic E-state index is 12.7. The van der Waals surface area contributed by atoms with Gasteiger partial charge in [0.1, 0.15) is 11.9 Å². The second kappa shape index (κ2) is 9.38. The smallest absolute Gasteiger partial charge is 0.317 e. The summed E-state index contributed by atoms with van der Waals surface area (Å²) in [6.45, 7) is 1.26. The minimum atomic E-state index is -0.0733. The third-order valence-electron chi connectivity index (χ3n) is 6.14. The molecule has 1 N–H and O–H groups in total. The molecule has 32 heavy (non-hydrogen) atoms. The molecule has 1 aromatic carbocycles. The number of rotatable bonds is 5. The van der Waals surface area contributed by atoms with E-state index >= 15 is 0 Å². The summed E-state index contributed by atoms with van der Waals surface area (Å²) in [5, 5.41) is 7.29. The van der Waals surface area contributed by atoms with Gasteiger partial charge in [-0.25, -0.2) is 4.79 Å². The van der Waals surface area contributed by atoms with Crippen molar-refractivity contribution in [1.29, 1.82) is 0 Å². The highest BCUT2D eigenvalue weighted by molar-refractivity contribution is 5.75. The summed E-state index contributed by atoms with van der Waals surface area (Å²) in [6, 6.07) is 11.6. The van der Waals surface area contributed by atoms with Gasteiger partial charge in [0, 0.05) is 37.0 Å². The number of urea groups is 1. The van der Waals surface area contributed by atoms with Crippen LogP contribution in [0.1, 0.15) is 38.5 Å². The Balaban J connectivity index is 1.24. The number of aromatic nitrogens is 3. The normalized spacial score (nSPS) is 19.1. The number of hydrogen-bond donors (Lipinski definition) is 1.